The maximum absolute atomic E-state index is 12.4. The molecule has 2 heterocycles. The van der Waals surface area contributed by atoms with E-state index in [1.807, 2.05) is 6.07 Å². The summed E-state index contributed by atoms with van der Waals surface area (Å²) in [4.78, 5) is 12.4. The fraction of sp³-hybridized carbons (Fsp3) is 0.235. The van der Waals surface area contributed by atoms with Crippen LogP contribution in [0.5, 0.6) is 0 Å². The number of benzene rings is 1. The van der Waals surface area contributed by atoms with Crippen molar-refractivity contribution in [3.63, 3.8) is 0 Å². The molecule has 0 fully saturated rings. The first kappa shape index (κ1) is 18.8. The monoisotopic (exact) mass is 411 g/mol. The van der Waals surface area contributed by atoms with Crippen LogP contribution in [0.25, 0.3) is 0 Å². The third-order valence-corrected chi connectivity index (χ3v) is 4.96. The van der Waals surface area contributed by atoms with Gasteiger partial charge in [-0.1, -0.05) is 40.9 Å². The molecule has 0 aliphatic carbocycles. The van der Waals surface area contributed by atoms with Crippen LogP contribution in [0.15, 0.2) is 36.7 Å². The van der Waals surface area contributed by atoms with E-state index in [-0.39, 0.29) is 5.91 Å². The first-order valence-electron chi connectivity index (χ1n) is 7.83. The molecule has 1 atom stereocenters. The molecule has 0 saturated heterocycles. The van der Waals surface area contributed by atoms with Gasteiger partial charge in [0.25, 0.3) is 0 Å². The highest BCUT2D eigenvalue weighted by molar-refractivity contribution is 6.42. The van der Waals surface area contributed by atoms with Crippen LogP contribution >= 0.6 is 34.8 Å². The molecule has 9 heteroatoms. The normalized spacial score (nSPS) is 12.2. The molecule has 0 aliphatic rings. The van der Waals surface area contributed by atoms with Gasteiger partial charge >= 0.3 is 0 Å². The lowest BCUT2D eigenvalue weighted by atomic mass is 10.2. The number of amides is 1. The first-order chi connectivity index (χ1) is 12.3. The zero-order valence-electron chi connectivity index (χ0n) is 14.1. The maximum atomic E-state index is 12.4. The molecule has 1 unspecified atom stereocenters. The summed E-state index contributed by atoms with van der Waals surface area (Å²) in [6.45, 7) is 4.04. The van der Waals surface area contributed by atoms with Crippen LogP contribution in [0.2, 0.25) is 15.1 Å². The highest BCUT2D eigenvalue weighted by atomic mass is 35.5. The Balaban J connectivity index is 1.65. The molecule has 1 N–H and O–H groups in total. The summed E-state index contributed by atoms with van der Waals surface area (Å²) in [5.41, 5.74) is 1.63. The Kier molecular flexibility index (Phi) is 5.55. The number of aryl methyl sites for hydroxylation is 1. The van der Waals surface area contributed by atoms with Crippen molar-refractivity contribution in [2.75, 3.05) is 5.32 Å². The van der Waals surface area contributed by atoms with E-state index in [1.54, 1.807) is 49.1 Å². The number of carbonyl (C=O) groups excluding carboxylic acids is 1. The van der Waals surface area contributed by atoms with Crippen LogP contribution in [0.1, 0.15) is 24.2 Å². The van der Waals surface area contributed by atoms with Crippen molar-refractivity contribution < 1.29 is 4.79 Å². The predicted octanol–water partition coefficient (Wildman–Crippen LogP) is 4.60. The molecule has 136 valence electrons. The van der Waals surface area contributed by atoms with Gasteiger partial charge in [0.05, 0.1) is 27.3 Å². The van der Waals surface area contributed by atoms with Crippen molar-refractivity contribution in [2.24, 2.45) is 0 Å². The lowest BCUT2D eigenvalue weighted by molar-refractivity contribution is -0.119. The van der Waals surface area contributed by atoms with E-state index in [9.17, 15) is 4.79 Å². The lowest BCUT2D eigenvalue weighted by Crippen LogP contribution is -2.24. The van der Waals surface area contributed by atoms with Crippen molar-refractivity contribution in [1.82, 2.24) is 19.6 Å². The Morgan fingerprint density at radius 1 is 1.15 bits per heavy atom. The van der Waals surface area contributed by atoms with Crippen LogP contribution in [0.3, 0.4) is 0 Å². The van der Waals surface area contributed by atoms with Gasteiger partial charge in [-0.2, -0.15) is 10.2 Å². The topological polar surface area (TPSA) is 64.7 Å². The van der Waals surface area contributed by atoms with Crippen LogP contribution in [0, 0.1) is 6.92 Å². The lowest BCUT2D eigenvalue weighted by Gasteiger charge is -2.11. The third-order valence-electron chi connectivity index (χ3n) is 3.85. The van der Waals surface area contributed by atoms with Crippen molar-refractivity contribution in [3.05, 3.63) is 63.0 Å². The van der Waals surface area contributed by atoms with Crippen molar-refractivity contribution in [1.29, 1.82) is 0 Å². The molecule has 6 nitrogen and oxygen atoms in total. The van der Waals surface area contributed by atoms with E-state index in [0.29, 0.717) is 33.1 Å². The highest BCUT2D eigenvalue weighted by Crippen LogP contribution is 2.23. The number of halogens is 3. The molecule has 0 bridgehead atoms. The number of anilines is 1. The van der Waals surface area contributed by atoms with Crippen LogP contribution < -0.4 is 5.32 Å². The molecule has 26 heavy (non-hydrogen) atoms. The Morgan fingerprint density at radius 2 is 1.92 bits per heavy atom. The second-order valence-electron chi connectivity index (χ2n) is 5.85. The Morgan fingerprint density at radius 3 is 2.58 bits per heavy atom. The van der Waals surface area contributed by atoms with E-state index in [4.69, 9.17) is 34.8 Å². The smallest absolute Gasteiger partial charge is 0.250 e. The Hall–Kier alpha value is -2.02. The summed E-state index contributed by atoms with van der Waals surface area (Å²) in [5, 5.41) is 12.9. The summed E-state index contributed by atoms with van der Waals surface area (Å²) < 4.78 is 3.23. The summed E-state index contributed by atoms with van der Waals surface area (Å²) in [6.07, 6.45) is 3.40. The van der Waals surface area contributed by atoms with Crippen LogP contribution in [-0.2, 0) is 11.3 Å². The minimum atomic E-state index is -0.513. The minimum Gasteiger partial charge on any atom is -0.307 e. The molecule has 0 radical (unpaired) electrons. The predicted molar refractivity (Wildman–Crippen MR) is 103 cm³/mol. The molecule has 2 aromatic heterocycles. The van der Waals surface area contributed by atoms with Gasteiger partial charge < -0.3 is 5.32 Å². The first-order valence-corrected chi connectivity index (χ1v) is 8.96. The number of nitrogens with one attached hydrogen (secondary N) is 1. The molecule has 1 amide bonds. The molecule has 1 aromatic carbocycles. The van der Waals surface area contributed by atoms with Crippen molar-refractivity contribution >= 4 is 46.5 Å². The van der Waals surface area contributed by atoms with E-state index < -0.39 is 6.04 Å². The second kappa shape index (κ2) is 7.70. The molecular formula is C17H16Cl3N5O. The number of rotatable bonds is 5. The van der Waals surface area contributed by atoms with Gasteiger partial charge in [-0.25, -0.2) is 0 Å². The number of aromatic nitrogens is 4. The van der Waals surface area contributed by atoms with Gasteiger partial charge in [0.1, 0.15) is 6.04 Å². The molecule has 0 spiro atoms. The van der Waals surface area contributed by atoms with Crippen molar-refractivity contribution in [2.45, 2.75) is 26.4 Å². The standard InChI is InChI=1S/C17H16Cl3N5O/c1-10-15(20)9-25(22-10)11(2)17(26)21-16-5-6-24(23-16)8-12-3-4-13(18)14(19)7-12/h3-7,9,11H,8H2,1-2H3,(H,21,23,26). The van der Waals surface area contributed by atoms with Crippen LogP contribution in [-0.4, -0.2) is 25.5 Å². The Bertz CT molecular complexity index is 930. The summed E-state index contributed by atoms with van der Waals surface area (Å²) in [7, 11) is 0. The maximum Gasteiger partial charge on any atom is 0.250 e. The fourth-order valence-corrected chi connectivity index (χ4v) is 2.81. The van der Waals surface area contributed by atoms with Crippen LogP contribution in [0.4, 0.5) is 5.82 Å². The molecule has 0 aliphatic heterocycles. The van der Waals surface area contributed by atoms with E-state index in [2.05, 4.69) is 15.5 Å². The average molecular weight is 413 g/mol. The van der Waals surface area contributed by atoms with E-state index in [1.165, 1.54) is 4.68 Å². The molecule has 0 saturated carbocycles. The summed E-state index contributed by atoms with van der Waals surface area (Å²) in [6, 6.07) is 6.62. The summed E-state index contributed by atoms with van der Waals surface area (Å²) in [5.74, 6) is 0.223. The second-order valence-corrected chi connectivity index (χ2v) is 7.08. The number of carbonyl (C=O) groups is 1. The Labute approximate surface area is 165 Å². The highest BCUT2D eigenvalue weighted by Gasteiger charge is 2.18. The van der Waals surface area contributed by atoms with Gasteiger partial charge in [0, 0.05) is 18.5 Å². The molecular weight excluding hydrogens is 397 g/mol. The number of hydrogen-bond acceptors (Lipinski definition) is 3. The fourth-order valence-electron chi connectivity index (χ4n) is 2.35. The van der Waals surface area contributed by atoms with E-state index >= 15 is 0 Å². The zero-order valence-corrected chi connectivity index (χ0v) is 16.3. The number of nitrogens with zero attached hydrogens (tertiary/aromatic N) is 4. The average Bonchev–Trinajstić information content (AvgIpc) is 3.17. The van der Waals surface area contributed by atoms with E-state index in [0.717, 1.165) is 5.56 Å². The van der Waals surface area contributed by atoms with Gasteiger partial charge in [0.15, 0.2) is 5.82 Å². The SMILES string of the molecule is Cc1nn(C(C)C(=O)Nc2ccn(Cc3ccc(Cl)c(Cl)c3)n2)cc1Cl. The summed E-state index contributed by atoms with van der Waals surface area (Å²) >= 11 is 17.9. The van der Waals surface area contributed by atoms with Gasteiger partial charge in [-0.3, -0.25) is 14.2 Å². The van der Waals surface area contributed by atoms with Gasteiger partial charge in [-0.05, 0) is 31.5 Å². The third kappa shape index (κ3) is 4.20. The van der Waals surface area contributed by atoms with Gasteiger partial charge in [0.2, 0.25) is 5.91 Å². The molecule has 3 aromatic rings. The number of hydrogen-bond donors (Lipinski definition) is 1. The zero-order chi connectivity index (χ0) is 18.8. The quantitative estimate of drug-likeness (QED) is 0.666. The molecule has 3 rings (SSSR count). The van der Waals surface area contributed by atoms with Crippen molar-refractivity contribution in [3.8, 4) is 0 Å². The minimum absolute atomic E-state index is 0.232. The largest absolute Gasteiger partial charge is 0.307 e. The van der Waals surface area contributed by atoms with Gasteiger partial charge in [-0.15, -0.1) is 0 Å².